The molecule has 9 heteroatoms. The van der Waals surface area contributed by atoms with E-state index in [0.717, 1.165) is 22.3 Å². The van der Waals surface area contributed by atoms with Crippen molar-refractivity contribution in [1.82, 2.24) is 10.2 Å². The summed E-state index contributed by atoms with van der Waals surface area (Å²) < 4.78 is 10.4. The highest BCUT2D eigenvalue weighted by Crippen LogP contribution is 2.44. The summed E-state index contributed by atoms with van der Waals surface area (Å²) >= 11 is 0. The molecule has 1 atom stereocenters. The van der Waals surface area contributed by atoms with Crippen molar-refractivity contribution >= 4 is 23.9 Å². The van der Waals surface area contributed by atoms with Crippen molar-refractivity contribution in [3.63, 3.8) is 0 Å². The molecule has 0 saturated heterocycles. The molecule has 1 unspecified atom stereocenters. The summed E-state index contributed by atoms with van der Waals surface area (Å²) in [6.07, 6.45) is -1.01. The van der Waals surface area contributed by atoms with Crippen LogP contribution in [-0.4, -0.2) is 66.3 Å². The van der Waals surface area contributed by atoms with E-state index in [2.05, 4.69) is 5.32 Å². The van der Waals surface area contributed by atoms with Gasteiger partial charge in [0, 0.05) is 12.5 Å². The lowest BCUT2D eigenvalue weighted by molar-refractivity contribution is -0.150. The second kappa shape index (κ2) is 12.0. The lowest BCUT2D eigenvalue weighted by Gasteiger charge is -2.26. The van der Waals surface area contributed by atoms with Crippen LogP contribution in [0.1, 0.15) is 43.7 Å². The number of carbonyl (C=O) groups excluding carboxylic acids is 3. The third-order valence-electron chi connectivity index (χ3n) is 5.74. The number of aliphatic carboxylic acids is 1. The molecule has 0 spiro atoms. The van der Waals surface area contributed by atoms with Gasteiger partial charge in [0.1, 0.15) is 19.2 Å². The maximum absolute atomic E-state index is 13.0. The largest absolute Gasteiger partial charge is 0.481 e. The molecule has 3 rings (SSSR count). The van der Waals surface area contributed by atoms with E-state index >= 15 is 0 Å². The predicted octanol–water partition coefficient (Wildman–Crippen LogP) is 3.17. The number of nitrogens with zero attached hydrogens (tertiary/aromatic N) is 1. The van der Waals surface area contributed by atoms with E-state index in [4.69, 9.17) is 9.47 Å². The van der Waals surface area contributed by atoms with Crippen LogP contribution in [0.2, 0.25) is 0 Å². The first-order chi connectivity index (χ1) is 16.8. The SMILES string of the molecule is CCCN(CC(=O)OCC)C(=O)C(CC(=O)O)NC(=O)OCC1c2ccccc2-c2ccccc21. The molecule has 35 heavy (non-hydrogen) atoms. The second-order valence-corrected chi connectivity index (χ2v) is 8.19. The van der Waals surface area contributed by atoms with Gasteiger partial charge in [-0.3, -0.25) is 14.4 Å². The molecule has 2 N–H and O–H groups in total. The molecule has 1 aliphatic carbocycles. The number of carboxylic acids is 1. The van der Waals surface area contributed by atoms with Gasteiger partial charge in [-0.2, -0.15) is 0 Å². The molecule has 0 bridgehead atoms. The van der Waals surface area contributed by atoms with Crippen LogP contribution in [0.3, 0.4) is 0 Å². The van der Waals surface area contributed by atoms with Gasteiger partial charge in [-0.05, 0) is 35.6 Å². The van der Waals surface area contributed by atoms with Crippen LogP contribution in [0.25, 0.3) is 11.1 Å². The van der Waals surface area contributed by atoms with Gasteiger partial charge in [-0.15, -0.1) is 0 Å². The second-order valence-electron chi connectivity index (χ2n) is 8.19. The van der Waals surface area contributed by atoms with Gasteiger partial charge < -0.3 is 24.8 Å². The lowest BCUT2D eigenvalue weighted by Crippen LogP contribution is -2.51. The van der Waals surface area contributed by atoms with Gasteiger partial charge in [-0.25, -0.2) is 4.79 Å². The molecular formula is C26H30N2O7. The molecule has 0 heterocycles. The van der Waals surface area contributed by atoms with Crippen molar-refractivity contribution in [2.24, 2.45) is 0 Å². The first-order valence-corrected chi connectivity index (χ1v) is 11.6. The van der Waals surface area contributed by atoms with Crippen molar-refractivity contribution in [3.8, 4) is 11.1 Å². The van der Waals surface area contributed by atoms with Crippen LogP contribution < -0.4 is 5.32 Å². The molecule has 2 aromatic carbocycles. The Morgan fingerprint density at radius 1 is 0.971 bits per heavy atom. The summed E-state index contributed by atoms with van der Waals surface area (Å²) in [5.41, 5.74) is 4.21. The molecule has 0 aromatic heterocycles. The Hall–Kier alpha value is -3.88. The maximum atomic E-state index is 13.0. The zero-order valence-electron chi connectivity index (χ0n) is 19.9. The molecular weight excluding hydrogens is 452 g/mol. The normalized spacial score (nSPS) is 12.7. The standard InChI is InChI=1S/C26H30N2O7/c1-3-13-28(15-24(31)34-4-2)25(32)22(14-23(29)30)27-26(33)35-16-21-19-11-7-5-9-17(19)18-10-6-8-12-20(18)21/h5-12,21-22H,3-4,13-16H2,1-2H3,(H,27,33)(H,29,30). The van der Waals surface area contributed by atoms with Gasteiger partial charge in [0.2, 0.25) is 5.91 Å². The molecule has 0 radical (unpaired) electrons. The minimum atomic E-state index is -1.39. The summed E-state index contributed by atoms with van der Waals surface area (Å²) in [6.45, 7) is 3.52. The monoisotopic (exact) mass is 482 g/mol. The summed E-state index contributed by atoms with van der Waals surface area (Å²) in [5, 5.41) is 11.7. The summed E-state index contributed by atoms with van der Waals surface area (Å²) in [5.74, 6) is -2.74. The fraction of sp³-hybridized carbons (Fsp3) is 0.385. The third kappa shape index (κ3) is 6.38. The van der Waals surface area contributed by atoms with Gasteiger partial charge in [-0.1, -0.05) is 55.5 Å². The van der Waals surface area contributed by atoms with Gasteiger partial charge in [0.25, 0.3) is 0 Å². The Morgan fingerprint density at radius 3 is 2.11 bits per heavy atom. The van der Waals surface area contributed by atoms with E-state index in [1.165, 1.54) is 4.90 Å². The Kier molecular flexibility index (Phi) is 8.83. The van der Waals surface area contributed by atoms with E-state index in [-0.39, 0.29) is 32.2 Å². The van der Waals surface area contributed by atoms with E-state index < -0.39 is 36.4 Å². The van der Waals surface area contributed by atoms with E-state index in [1.54, 1.807) is 6.92 Å². The van der Waals surface area contributed by atoms with Crippen LogP contribution in [-0.2, 0) is 23.9 Å². The van der Waals surface area contributed by atoms with Crippen LogP contribution in [0.4, 0.5) is 4.79 Å². The molecule has 0 aliphatic heterocycles. The average Bonchev–Trinajstić information content (AvgIpc) is 3.15. The fourth-order valence-corrected chi connectivity index (χ4v) is 4.28. The summed E-state index contributed by atoms with van der Waals surface area (Å²) in [7, 11) is 0. The zero-order valence-corrected chi connectivity index (χ0v) is 19.9. The highest BCUT2D eigenvalue weighted by atomic mass is 16.5. The van der Waals surface area contributed by atoms with Crippen LogP contribution >= 0.6 is 0 Å². The number of fused-ring (bicyclic) bond motifs is 3. The van der Waals surface area contributed by atoms with Crippen molar-refractivity contribution in [2.45, 2.75) is 38.6 Å². The quantitative estimate of drug-likeness (QED) is 0.472. The van der Waals surface area contributed by atoms with Crippen molar-refractivity contribution in [3.05, 3.63) is 59.7 Å². The number of hydrogen-bond acceptors (Lipinski definition) is 6. The highest BCUT2D eigenvalue weighted by molar-refractivity contribution is 5.91. The van der Waals surface area contributed by atoms with Gasteiger partial charge in [0.05, 0.1) is 13.0 Å². The van der Waals surface area contributed by atoms with E-state index in [0.29, 0.717) is 6.42 Å². The first-order valence-electron chi connectivity index (χ1n) is 11.6. The lowest BCUT2D eigenvalue weighted by atomic mass is 9.98. The number of alkyl carbamates (subject to hydrolysis) is 1. The van der Waals surface area contributed by atoms with Gasteiger partial charge in [0.15, 0.2) is 0 Å². The molecule has 2 aromatic rings. The number of ether oxygens (including phenoxy) is 2. The van der Waals surface area contributed by atoms with Crippen molar-refractivity contribution in [2.75, 3.05) is 26.3 Å². The molecule has 9 nitrogen and oxygen atoms in total. The van der Waals surface area contributed by atoms with Crippen molar-refractivity contribution in [1.29, 1.82) is 0 Å². The number of hydrogen-bond donors (Lipinski definition) is 2. The van der Waals surface area contributed by atoms with E-state index in [9.17, 15) is 24.3 Å². The Balaban J connectivity index is 1.69. The Bertz CT molecular complexity index is 1040. The highest BCUT2D eigenvalue weighted by Gasteiger charge is 2.32. The third-order valence-corrected chi connectivity index (χ3v) is 5.74. The molecule has 2 amide bonds. The maximum Gasteiger partial charge on any atom is 0.407 e. The number of esters is 1. The minimum absolute atomic E-state index is 0.0232. The smallest absolute Gasteiger partial charge is 0.407 e. The minimum Gasteiger partial charge on any atom is -0.481 e. The van der Waals surface area contributed by atoms with E-state index in [1.807, 2.05) is 55.5 Å². The summed E-state index contributed by atoms with van der Waals surface area (Å²) in [4.78, 5) is 50.1. The average molecular weight is 483 g/mol. The number of carbonyl (C=O) groups is 4. The molecule has 186 valence electrons. The molecule has 1 aliphatic rings. The predicted molar refractivity (Wildman–Crippen MR) is 128 cm³/mol. The number of amides is 2. The van der Waals surface area contributed by atoms with Crippen LogP contribution in [0.5, 0.6) is 0 Å². The Morgan fingerprint density at radius 2 is 1.57 bits per heavy atom. The number of benzene rings is 2. The van der Waals surface area contributed by atoms with Crippen LogP contribution in [0.15, 0.2) is 48.5 Å². The first kappa shape index (κ1) is 25.7. The molecule has 0 fully saturated rings. The number of rotatable bonds is 11. The fourth-order valence-electron chi connectivity index (χ4n) is 4.28. The summed E-state index contributed by atoms with van der Waals surface area (Å²) in [6, 6.07) is 14.4. The topological polar surface area (TPSA) is 122 Å². The van der Waals surface area contributed by atoms with Gasteiger partial charge >= 0.3 is 18.0 Å². The Labute approximate surface area is 204 Å². The number of nitrogens with one attached hydrogen (secondary N) is 1. The van der Waals surface area contributed by atoms with Crippen LogP contribution in [0, 0.1) is 0 Å². The van der Waals surface area contributed by atoms with Crippen molar-refractivity contribution < 1.29 is 33.8 Å². The number of carboxylic acid groups (broad SMARTS) is 1. The zero-order chi connectivity index (χ0) is 25.4. The molecule has 0 saturated carbocycles.